The molecule has 2 aliphatic heterocycles. The van der Waals surface area contributed by atoms with Crippen LogP contribution in [0.15, 0.2) is 42.5 Å². The monoisotopic (exact) mass is 436 g/mol. The van der Waals surface area contributed by atoms with E-state index in [1.54, 1.807) is 18.9 Å². The number of fused-ring (bicyclic) bond motifs is 2. The second kappa shape index (κ2) is 7.90. The standard InChI is InChI=1S/C25H28N2O3S/c1-17-10-11-22-21(14-17)25(27(12-13-31-25)23(28)19-7-3-4-8-19)24(29)26(22)16-18-6-5-9-20(15-18)30-2/h5-6,9-11,14-15,19H,3-4,7-8,12-13,16H2,1-2H3/t25-/m0/s1. The van der Waals surface area contributed by atoms with Gasteiger partial charge in [-0.1, -0.05) is 42.7 Å². The van der Waals surface area contributed by atoms with Crippen molar-refractivity contribution < 1.29 is 14.3 Å². The van der Waals surface area contributed by atoms with Crippen LogP contribution >= 0.6 is 11.8 Å². The quantitative estimate of drug-likeness (QED) is 0.710. The lowest BCUT2D eigenvalue weighted by Gasteiger charge is -2.35. The lowest BCUT2D eigenvalue weighted by Crippen LogP contribution is -2.51. The van der Waals surface area contributed by atoms with Crippen LogP contribution in [0.3, 0.4) is 0 Å². The van der Waals surface area contributed by atoms with Crippen molar-refractivity contribution in [2.75, 3.05) is 24.3 Å². The number of amides is 2. The van der Waals surface area contributed by atoms with E-state index in [0.717, 1.165) is 59.6 Å². The first-order valence-corrected chi connectivity index (χ1v) is 12.0. The molecule has 3 aliphatic rings. The summed E-state index contributed by atoms with van der Waals surface area (Å²) >= 11 is 1.62. The smallest absolute Gasteiger partial charge is 0.268 e. The number of anilines is 1. The van der Waals surface area contributed by atoms with E-state index < -0.39 is 4.87 Å². The Morgan fingerprint density at radius 2 is 2.00 bits per heavy atom. The molecule has 0 unspecified atom stereocenters. The third kappa shape index (κ3) is 3.23. The van der Waals surface area contributed by atoms with Crippen molar-refractivity contribution in [2.24, 2.45) is 5.92 Å². The third-order valence-corrected chi connectivity index (χ3v) is 8.21. The van der Waals surface area contributed by atoms with Crippen molar-refractivity contribution in [1.82, 2.24) is 4.90 Å². The molecular formula is C25H28N2O3S. The molecule has 162 valence electrons. The van der Waals surface area contributed by atoms with Gasteiger partial charge in [0.25, 0.3) is 5.91 Å². The minimum Gasteiger partial charge on any atom is -0.497 e. The molecule has 0 bridgehead atoms. The summed E-state index contributed by atoms with van der Waals surface area (Å²) in [7, 11) is 1.65. The maximum Gasteiger partial charge on any atom is 0.268 e. The van der Waals surface area contributed by atoms with Crippen LogP contribution in [0.1, 0.15) is 42.4 Å². The van der Waals surface area contributed by atoms with Crippen LogP contribution in [-0.4, -0.2) is 36.1 Å². The highest BCUT2D eigenvalue weighted by Crippen LogP contribution is 2.55. The summed E-state index contributed by atoms with van der Waals surface area (Å²) in [4.78, 5) is 30.4. The van der Waals surface area contributed by atoms with Crippen LogP contribution in [-0.2, 0) is 21.0 Å². The van der Waals surface area contributed by atoms with E-state index in [9.17, 15) is 9.59 Å². The van der Waals surface area contributed by atoms with Crippen LogP contribution < -0.4 is 9.64 Å². The molecule has 1 spiro atoms. The predicted molar refractivity (Wildman–Crippen MR) is 123 cm³/mol. The molecule has 1 atom stereocenters. The summed E-state index contributed by atoms with van der Waals surface area (Å²) in [6, 6.07) is 14.0. The fourth-order valence-electron chi connectivity index (χ4n) is 5.25. The number of rotatable bonds is 4. The number of nitrogens with zero attached hydrogens (tertiary/aromatic N) is 2. The number of ether oxygens (including phenoxy) is 1. The number of aryl methyl sites for hydroxylation is 1. The Bertz CT molecular complexity index is 1030. The maximum absolute atomic E-state index is 14.1. The van der Waals surface area contributed by atoms with Gasteiger partial charge in [-0.05, 0) is 43.5 Å². The minimum absolute atomic E-state index is 0.00441. The van der Waals surface area contributed by atoms with Gasteiger partial charge >= 0.3 is 0 Å². The summed E-state index contributed by atoms with van der Waals surface area (Å²) in [6.07, 6.45) is 4.10. The Hall–Kier alpha value is -2.47. The normalized spacial score (nSPS) is 23.1. The predicted octanol–water partition coefficient (Wildman–Crippen LogP) is 4.47. The van der Waals surface area contributed by atoms with Crippen molar-refractivity contribution in [3.8, 4) is 5.75 Å². The molecule has 1 saturated carbocycles. The lowest BCUT2D eigenvalue weighted by molar-refractivity contribution is -0.143. The highest BCUT2D eigenvalue weighted by molar-refractivity contribution is 8.01. The molecule has 2 aromatic carbocycles. The van der Waals surface area contributed by atoms with E-state index in [4.69, 9.17) is 4.74 Å². The van der Waals surface area contributed by atoms with Crippen molar-refractivity contribution in [1.29, 1.82) is 0 Å². The number of carbonyl (C=O) groups excluding carboxylic acids is 2. The Morgan fingerprint density at radius 3 is 2.77 bits per heavy atom. The minimum atomic E-state index is -0.931. The van der Waals surface area contributed by atoms with E-state index in [1.807, 2.05) is 53.1 Å². The Morgan fingerprint density at radius 1 is 1.19 bits per heavy atom. The van der Waals surface area contributed by atoms with E-state index in [1.165, 1.54) is 0 Å². The summed E-state index contributed by atoms with van der Waals surface area (Å²) in [5.41, 5.74) is 3.99. The Labute approximate surface area is 187 Å². The van der Waals surface area contributed by atoms with Gasteiger partial charge in [-0.3, -0.25) is 9.59 Å². The molecule has 2 heterocycles. The van der Waals surface area contributed by atoms with Crippen LogP contribution in [0.25, 0.3) is 0 Å². The number of hydrogen-bond donors (Lipinski definition) is 0. The number of methoxy groups -OCH3 is 1. The van der Waals surface area contributed by atoms with Crippen molar-refractivity contribution >= 4 is 29.3 Å². The lowest BCUT2D eigenvalue weighted by atomic mass is 10.00. The zero-order valence-electron chi connectivity index (χ0n) is 18.1. The van der Waals surface area contributed by atoms with E-state index in [2.05, 4.69) is 6.07 Å². The first-order chi connectivity index (χ1) is 15.0. The zero-order chi connectivity index (χ0) is 21.6. The van der Waals surface area contributed by atoms with Gasteiger partial charge in [0.15, 0.2) is 4.87 Å². The number of thioether (sulfide) groups is 1. The van der Waals surface area contributed by atoms with Gasteiger partial charge < -0.3 is 14.5 Å². The first kappa shape index (κ1) is 20.4. The zero-order valence-corrected chi connectivity index (χ0v) is 18.9. The molecule has 31 heavy (non-hydrogen) atoms. The van der Waals surface area contributed by atoms with E-state index in [-0.39, 0.29) is 17.7 Å². The number of benzene rings is 2. The van der Waals surface area contributed by atoms with Crippen LogP contribution in [0, 0.1) is 12.8 Å². The fraction of sp³-hybridized carbons (Fsp3) is 0.440. The summed E-state index contributed by atoms with van der Waals surface area (Å²) in [5, 5.41) is 0. The average molecular weight is 437 g/mol. The van der Waals surface area contributed by atoms with Crippen molar-refractivity contribution in [3.05, 3.63) is 59.2 Å². The molecule has 6 heteroatoms. The molecule has 0 aromatic heterocycles. The second-order valence-electron chi connectivity index (χ2n) is 8.73. The maximum atomic E-state index is 14.1. The highest BCUT2D eigenvalue weighted by atomic mass is 32.2. The van der Waals surface area contributed by atoms with E-state index >= 15 is 0 Å². The second-order valence-corrected chi connectivity index (χ2v) is 10.0. The fourth-order valence-corrected chi connectivity index (χ4v) is 6.71. The highest BCUT2D eigenvalue weighted by Gasteiger charge is 2.59. The Kier molecular flexibility index (Phi) is 5.21. The molecule has 5 rings (SSSR count). The van der Waals surface area contributed by atoms with Crippen LogP contribution in [0.5, 0.6) is 5.75 Å². The summed E-state index contributed by atoms with van der Waals surface area (Å²) in [5.74, 6) is 1.78. The molecule has 5 nitrogen and oxygen atoms in total. The van der Waals surface area contributed by atoms with Gasteiger partial charge in [-0.2, -0.15) is 0 Å². The molecule has 2 aromatic rings. The molecule has 0 radical (unpaired) electrons. The van der Waals surface area contributed by atoms with Crippen molar-refractivity contribution in [3.63, 3.8) is 0 Å². The SMILES string of the molecule is COc1cccc(CN2C(=O)[C@@]3(SCCN3C(=O)C3CCCC3)c3cc(C)ccc32)c1. The van der Waals surface area contributed by atoms with E-state index in [0.29, 0.717) is 13.1 Å². The molecule has 1 aliphatic carbocycles. The summed E-state index contributed by atoms with van der Waals surface area (Å²) < 4.78 is 5.37. The van der Waals surface area contributed by atoms with Gasteiger partial charge in [0.1, 0.15) is 5.75 Å². The van der Waals surface area contributed by atoms with Gasteiger partial charge in [-0.25, -0.2) is 0 Å². The molecule has 1 saturated heterocycles. The largest absolute Gasteiger partial charge is 0.497 e. The van der Waals surface area contributed by atoms with Crippen molar-refractivity contribution in [2.45, 2.75) is 44.0 Å². The van der Waals surface area contributed by atoms with Crippen LogP contribution in [0.2, 0.25) is 0 Å². The molecule has 2 fully saturated rings. The summed E-state index contributed by atoms with van der Waals surface area (Å²) in [6.45, 7) is 3.14. The number of carbonyl (C=O) groups is 2. The third-order valence-electron chi connectivity index (χ3n) is 6.79. The molecular weight excluding hydrogens is 408 g/mol. The average Bonchev–Trinajstić information content (AvgIpc) is 3.51. The van der Waals surface area contributed by atoms with Gasteiger partial charge in [0.2, 0.25) is 5.91 Å². The van der Waals surface area contributed by atoms with Gasteiger partial charge in [-0.15, -0.1) is 11.8 Å². The first-order valence-electron chi connectivity index (χ1n) is 11.1. The molecule has 2 amide bonds. The topological polar surface area (TPSA) is 49.9 Å². The van der Waals surface area contributed by atoms with Gasteiger partial charge in [0.05, 0.1) is 19.3 Å². The number of hydrogen-bond acceptors (Lipinski definition) is 4. The molecule has 0 N–H and O–H groups in total. The Balaban J connectivity index is 1.56. The van der Waals surface area contributed by atoms with Crippen LogP contribution in [0.4, 0.5) is 5.69 Å². The van der Waals surface area contributed by atoms with Gasteiger partial charge in [0, 0.05) is 23.8 Å².